The summed E-state index contributed by atoms with van der Waals surface area (Å²) >= 11 is 0. The van der Waals surface area contributed by atoms with Gasteiger partial charge < -0.3 is 18.6 Å². The first-order valence-corrected chi connectivity index (χ1v) is 9.55. The molecule has 0 saturated heterocycles. The molecule has 2 aromatic carbocycles. The van der Waals surface area contributed by atoms with Crippen molar-refractivity contribution in [3.63, 3.8) is 0 Å². The maximum absolute atomic E-state index is 12.9. The molecule has 0 spiro atoms. The van der Waals surface area contributed by atoms with Crippen LogP contribution in [0.25, 0.3) is 6.08 Å². The van der Waals surface area contributed by atoms with Gasteiger partial charge >= 0.3 is 5.97 Å². The van der Waals surface area contributed by atoms with Gasteiger partial charge in [0.1, 0.15) is 28.8 Å². The van der Waals surface area contributed by atoms with E-state index in [1.54, 1.807) is 31.4 Å². The van der Waals surface area contributed by atoms with Crippen molar-refractivity contribution >= 4 is 17.8 Å². The molecule has 5 rings (SSSR count). The Morgan fingerprint density at radius 1 is 1.00 bits per heavy atom. The van der Waals surface area contributed by atoms with Crippen LogP contribution in [0.15, 0.2) is 58.7 Å². The van der Waals surface area contributed by atoms with Crippen molar-refractivity contribution in [3.05, 3.63) is 82.5 Å². The second kappa shape index (κ2) is 6.91. The molecule has 0 N–H and O–H groups in total. The van der Waals surface area contributed by atoms with Crippen LogP contribution in [-0.4, -0.2) is 18.9 Å². The van der Waals surface area contributed by atoms with E-state index in [9.17, 15) is 9.59 Å². The number of ether oxygens (including phenoxy) is 3. The Kier molecular flexibility index (Phi) is 4.20. The molecule has 1 unspecified atom stereocenters. The lowest BCUT2D eigenvalue weighted by molar-refractivity contribution is -0.135. The first-order chi connectivity index (χ1) is 14.5. The Bertz CT molecular complexity index is 1200. The maximum atomic E-state index is 12.9. The molecule has 0 aliphatic carbocycles. The number of benzene rings is 2. The molecule has 3 heterocycles. The number of esters is 1. The number of carbonyl (C=O) groups excluding carboxylic acids is 2. The summed E-state index contributed by atoms with van der Waals surface area (Å²) in [5.74, 6) is 2.18. The molecule has 30 heavy (non-hydrogen) atoms. The summed E-state index contributed by atoms with van der Waals surface area (Å²) in [5, 5.41) is 0. The Labute approximate surface area is 172 Å². The molecule has 3 aromatic rings. The van der Waals surface area contributed by atoms with Crippen LogP contribution >= 0.6 is 0 Å². The van der Waals surface area contributed by atoms with Gasteiger partial charge in [-0.2, -0.15) is 0 Å². The van der Waals surface area contributed by atoms with E-state index >= 15 is 0 Å². The van der Waals surface area contributed by atoms with Crippen molar-refractivity contribution in [2.24, 2.45) is 0 Å². The fourth-order valence-electron chi connectivity index (χ4n) is 3.89. The molecule has 2 aliphatic rings. The summed E-state index contributed by atoms with van der Waals surface area (Å²) in [4.78, 5) is 25.2. The lowest BCUT2D eigenvalue weighted by Gasteiger charge is -2.26. The van der Waals surface area contributed by atoms with E-state index in [2.05, 4.69) is 0 Å². The number of allylic oxidation sites excluding steroid dienone is 1. The molecular weight excluding hydrogens is 384 g/mol. The monoisotopic (exact) mass is 402 g/mol. The Morgan fingerprint density at radius 2 is 1.80 bits per heavy atom. The molecule has 1 aromatic heterocycles. The number of rotatable bonds is 3. The van der Waals surface area contributed by atoms with E-state index in [4.69, 9.17) is 18.6 Å². The third-order valence-corrected chi connectivity index (χ3v) is 5.33. The normalized spacial score (nSPS) is 18.6. The molecule has 2 aliphatic heterocycles. The number of Topliss-reactive ketones (excluding diaryl/α,β-unsaturated/α-hetero) is 1. The zero-order valence-electron chi connectivity index (χ0n) is 16.4. The number of fused-ring (bicyclic) bond motifs is 3. The predicted molar refractivity (Wildman–Crippen MR) is 108 cm³/mol. The molecule has 6 heteroatoms. The summed E-state index contributed by atoms with van der Waals surface area (Å²) in [5.41, 5.74) is 2.06. The number of hydrogen-bond acceptors (Lipinski definition) is 6. The summed E-state index contributed by atoms with van der Waals surface area (Å²) in [6.07, 6.45) is 1.74. The molecule has 0 radical (unpaired) electrons. The van der Waals surface area contributed by atoms with E-state index in [0.717, 1.165) is 17.1 Å². The van der Waals surface area contributed by atoms with Gasteiger partial charge in [0.2, 0.25) is 5.78 Å². The third-order valence-electron chi connectivity index (χ3n) is 5.33. The molecule has 0 bridgehead atoms. The Balaban J connectivity index is 1.60. The van der Waals surface area contributed by atoms with Gasteiger partial charge in [0.25, 0.3) is 0 Å². The summed E-state index contributed by atoms with van der Waals surface area (Å²) < 4.78 is 22.2. The lowest BCUT2D eigenvalue weighted by atomic mass is 9.84. The molecule has 1 atom stereocenters. The van der Waals surface area contributed by atoms with E-state index in [1.807, 2.05) is 37.3 Å². The van der Waals surface area contributed by atoms with Gasteiger partial charge in [-0.3, -0.25) is 9.59 Å². The van der Waals surface area contributed by atoms with Crippen molar-refractivity contribution in [1.29, 1.82) is 0 Å². The lowest BCUT2D eigenvalue weighted by Crippen LogP contribution is -2.21. The highest BCUT2D eigenvalue weighted by Gasteiger charge is 2.38. The molecule has 0 amide bonds. The van der Waals surface area contributed by atoms with Crippen LogP contribution in [-0.2, 0) is 4.79 Å². The van der Waals surface area contributed by atoms with Crippen molar-refractivity contribution in [2.75, 3.05) is 7.11 Å². The van der Waals surface area contributed by atoms with Crippen LogP contribution in [0.1, 0.15) is 45.3 Å². The summed E-state index contributed by atoms with van der Waals surface area (Å²) in [6.45, 7) is 1.83. The first-order valence-electron chi connectivity index (χ1n) is 9.55. The van der Waals surface area contributed by atoms with Crippen LogP contribution in [0.3, 0.4) is 0 Å². The van der Waals surface area contributed by atoms with Crippen LogP contribution < -0.4 is 14.2 Å². The van der Waals surface area contributed by atoms with Crippen molar-refractivity contribution in [2.45, 2.75) is 19.3 Å². The highest BCUT2D eigenvalue weighted by molar-refractivity contribution is 6.15. The quantitative estimate of drug-likeness (QED) is 0.361. The van der Waals surface area contributed by atoms with Crippen LogP contribution in [0.4, 0.5) is 0 Å². The second-order valence-electron chi connectivity index (χ2n) is 7.25. The first kappa shape index (κ1) is 18.2. The SMILES string of the molecule is COc1ccc(C2CC(=O)Oc3ccc4c(c32)OC(=Cc2ccc(C)o2)C4=O)cc1. The molecule has 0 fully saturated rings. The number of methoxy groups -OCH3 is 1. The molecule has 150 valence electrons. The fourth-order valence-corrected chi connectivity index (χ4v) is 3.89. The number of ketones is 1. The van der Waals surface area contributed by atoms with E-state index in [-0.39, 0.29) is 29.9 Å². The van der Waals surface area contributed by atoms with Gasteiger partial charge in [-0.05, 0) is 48.9 Å². The van der Waals surface area contributed by atoms with E-state index in [1.165, 1.54) is 0 Å². The van der Waals surface area contributed by atoms with E-state index in [0.29, 0.717) is 28.4 Å². The van der Waals surface area contributed by atoms with Crippen LogP contribution in [0, 0.1) is 6.92 Å². The Hall–Kier alpha value is -3.80. The average Bonchev–Trinajstić information content (AvgIpc) is 3.30. The smallest absolute Gasteiger partial charge is 0.312 e. The fraction of sp³-hybridized carbons (Fsp3) is 0.167. The number of aryl methyl sites for hydroxylation is 1. The number of carbonyl (C=O) groups is 2. The van der Waals surface area contributed by atoms with Gasteiger partial charge in [0.15, 0.2) is 5.76 Å². The predicted octanol–water partition coefficient (Wildman–Crippen LogP) is 4.65. The van der Waals surface area contributed by atoms with E-state index < -0.39 is 0 Å². The van der Waals surface area contributed by atoms with Gasteiger partial charge in [0, 0.05) is 17.6 Å². The zero-order valence-corrected chi connectivity index (χ0v) is 16.4. The molecule has 6 nitrogen and oxygen atoms in total. The topological polar surface area (TPSA) is 75.0 Å². The van der Waals surface area contributed by atoms with Gasteiger partial charge in [-0.1, -0.05) is 12.1 Å². The minimum absolute atomic E-state index is 0.157. The van der Waals surface area contributed by atoms with Gasteiger partial charge in [0.05, 0.1) is 19.1 Å². The van der Waals surface area contributed by atoms with Gasteiger partial charge in [-0.15, -0.1) is 0 Å². The highest BCUT2D eigenvalue weighted by Crippen LogP contribution is 2.49. The summed E-state index contributed by atoms with van der Waals surface area (Å²) in [7, 11) is 1.60. The minimum Gasteiger partial charge on any atom is -0.497 e. The molecule has 0 saturated carbocycles. The third kappa shape index (κ3) is 2.97. The highest BCUT2D eigenvalue weighted by atomic mass is 16.5. The zero-order chi connectivity index (χ0) is 20.8. The van der Waals surface area contributed by atoms with Crippen LogP contribution in [0.2, 0.25) is 0 Å². The largest absolute Gasteiger partial charge is 0.497 e. The van der Waals surface area contributed by atoms with Crippen molar-refractivity contribution in [1.82, 2.24) is 0 Å². The minimum atomic E-state index is -0.325. The van der Waals surface area contributed by atoms with Crippen LogP contribution in [0.5, 0.6) is 17.2 Å². The number of furan rings is 1. The number of hydrogen-bond donors (Lipinski definition) is 0. The Morgan fingerprint density at radius 3 is 2.50 bits per heavy atom. The standard InChI is InChI=1S/C24H18O6/c1-13-3-6-16(28-13)11-20-23(26)17-9-10-19-22(24(17)30-20)18(12-21(25)29-19)14-4-7-15(27-2)8-5-14/h3-11,18H,12H2,1-2H3. The second-order valence-corrected chi connectivity index (χ2v) is 7.25. The van der Waals surface area contributed by atoms with Crippen molar-refractivity contribution < 1.29 is 28.2 Å². The average molecular weight is 402 g/mol. The van der Waals surface area contributed by atoms with Crippen molar-refractivity contribution in [3.8, 4) is 17.2 Å². The van der Waals surface area contributed by atoms with Gasteiger partial charge in [-0.25, -0.2) is 0 Å². The summed E-state index contributed by atoms with van der Waals surface area (Å²) in [6, 6.07) is 14.4. The maximum Gasteiger partial charge on any atom is 0.312 e. The molecular formula is C24H18O6.